The van der Waals surface area contributed by atoms with Crippen LogP contribution in [0, 0.1) is 0 Å². The maximum atomic E-state index is 5.52. The van der Waals surface area contributed by atoms with E-state index in [4.69, 9.17) is 5.73 Å². The van der Waals surface area contributed by atoms with Gasteiger partial charge >= 0.3 is 0 Å². The number of hydrogen-bond acceptors (Lipinski definition) is 2. The summed E-state index contributed by atoms with van der Waals surface area (Å²) in [5.41, 5.74) is 6.69. The second-order valence-corrected chi connectivity index (χ2v) is 4.19. The van der Waals surface area contributed by atoms with E-state index in [1.54, 1.807) is 0 Å². The molecule has 0 aromatic carbocycles. The van der Waals surface area contributed by atoms with Gasteiger partial charge in [-0.1, -0.05) is 45.4 Å². The van der Waals surface area contributed by atoms with E-state index in [9.17, 15) is 0 Å². The number of nitrogens with zero attached hydrogens (tertiary/aromatic N) is 1. The summed E-state index contributed by atoms with van der Waals surface area (Å²) in [6.07, 6.45) is 10.5. The number of rotatable bonds is 8. The first kappa shape index (κ1) is 12.1. The molecule has 3 N–H and O–H groups in total. The molecule has 1 aromatic rings. The average molecular weight is 209 g/mol. The van der Waals surface area contributed by atoms with Crippen molar-refractivity contribution >= 4 is 5.82 Å². The van der Waals surface area contributed by atoms with Crippen molar-refractivity contribution in [2.45, 2.75) is 58.3 Å². The summed E-state index contributed by atoms with van der Waals surface area (Å²) in [4.78, 5) is 0. The van der Waals surface area contributed by atoms with Gasteiger partial charge in [0.2, 0.25) is 0 Å². The number of unbranched alkanes of at least 4 members (excludes halogenated alkanes) is 6. The zero-order chi connectivity index (χ0) is 10.9. The van der Waals surface area contributed by atoms with Crippen LogP contribution in [0.5, 0.6) is 0 Å². The summed E-state index contributed by atoms with van der Waals surface area (Å²) in [5, 5.41) is 6.85. The van der Waals surface area contributed by atoms with Crippen molar-refractivity contribution in [2.75, 3.05) is 5.73 Å². The summed E-state index contributed by atoms with van der Waals surface area (Å²) < 4.78 is 0. The Balaban J connectivity index is 1.93. The van der Waals surface area contributed by atoms with E-state index in [1.165, 1.54) is 50.6 Å². The minimum absolute atomic E-state index is 0.605. The molecule has 1 aromatic heterocycles. The van der Waals surface area contributed by atoms with Gasteiger partial charge in [-0.3, -0.25) is 5.10 Å². The number of anilines is 1. The van der Waals surface area contributed by atoms with Crippen LogP contribution in [0.3, 0.4) is 0 Å². The van der Waals surface area contributed by atoms with Crippen LogP contribution in [0.4, 0.5) is 5.82 Å². The molecule has 0 bridgehead atoms. The molecule has 0 saturated heterocycles. The lowest BCUT2D eigenvalue weighted by Crippen LogP contribution is -1.86. The third-order valence-corrected chi connectivity index (χ3v) is 2.70. The number of nitrogen functional groups attached to an aromatic ring is 1. The number of aryl methyl sites for hydroxylation is 1. The van der Waals surface area contributed by atoms with Crippen molar-refractivity contribution in [3.05, 3.63) is 11.8 Å². The van der Waals surface area contributed by atoms with Crippen LogP contribution < -0.4 is 5.73 Å². The van der Waals surface area contributed by atoms with Gasteiger partial charge in [-0.05, 0) is 12.8 Å². The predicted octanol–water partition coefficient (Wildman–Crippen LogP) is 3.29. The molecule has 0 saturated carbocycles. The molecular formula is C12H23N3. The molecule has 0 aliphatic heterocycles. The number of aromatic amines is 1. The van der Waals surface area contributed by atoms with Gasteiger partial charge < -0.3 is 5.73 Å². The molecule has 0 radical (unpaired) electrons. The predicted molar refractivity (Wildman–Crippen MR) is 64.7 cm³/mol. The second kappa shape index (κ2) is 7.32. The zero-order valence-corrected chi connectivity index (χ0v) is 9.76. The van der Waals surface area contributed by atoms with Crippen LogP contribution in [-0.2, 0) is 6.42 Å². The quantitative estimate of drug-likeness (QED) is 0.645. The molecule has 0 aliphatic rings. The van der Waals surface area contributed by atoms with E-state index in [0.717, 1.165) is 6.42 Å². The first-order valence-electron chi connectivity index (χ1n) is 6.12. The number of aromatic nitrogens is 2. The number of H-pyrrole nitrogens is 1. The van der Waals surface area contributed by atoms with Crippen molar-refractivity contribution in [1.82, 2.24) is 10.2 Å². The van der Waals surface area contributed by atoms with Crippen LogP contribution in [0.1, 0.15) is 57.6 Å². The van der Waals surface area contributed by atoms with E-state index < -0.39 is 0 Å². The molecular weight excluding hydrogens is 186 g/mol. The van der Waals surface area contributed by atoms with Gasteiger partial charge in [0.15, 0.2) is 0 Å². The molecule has 0 aliphatic carbocycles. The van der Waals surface area contributed by atoms with Crippen molar-refractivity contribution in [1.29, 1.82) is 0 Å². The third-order valence-electron chi connectivity index (χ3n) is 2.70. The Bertz CT molecular complexity index is 255. The molecule has 0 unspecified atom stereocenters. The summed E-state index contributed by atoms with van der Waals surface area (Å²) >= 11 is 0. The Morgan fingerprint density at radius 2 is 1.80 bits per heavy atom. The fraction of sp³-hybridized carbons (Fsp3) is 0.750. The standard InChI is InChI=1S/C12H23N3/c1-2-3-4-5-6-7-8-9-11-10-12(13)15-14-11/h10H,2-9H2,1H3,(H3,13,14,15). The lowest BCUT2D eigenvalue weighted by Gasteiger charge is -1.99. The lowest BCUT2D eigenvalue weighted by atomic mass is 10.1. The van der Waals surface area contributed by atoms with Gasteiger partial charge in [0, 0.05) is 11.8 Å². The summed E-state index contributed by atoms with van der Waals surface area (Å²) in [6, 6.07) is 1.93. The highest BCUT2D eigenvalue weighted by molar-refractivity contribution is 5.28. The van der Waals surface area contributed by atoms with E-state index >= 15 is 0 Å². The van der Waals surface area contributed by atoms with Crippen molar-refractivity contribution < 1.29 is 0 Å². The minimum Gasteiger partial charge on any atom is -0.382 e. The first-order chi connectivity index (χ1) is 7.33. The lowest BCUT2D eigenvalue weighted by molar-refractivity contribution is 0.587. The average Bonchev–Trinajstić information content (AvgIpc) is 2.63. The van der Waals surface area contributed by atoms with Crippen LogP contribution in [0.25, 0.3) is 0 Å². The Morgan fingerprint density at radius 1 is 1.13 bits per heavy atom. The molecule has 0 atom stereocenters. The van der Waals surface area contributed by atoms with E-state index in [2.05, 4.69) is 17.1 Å². The molecule has 0 fully saturated rings. The van der Waals surface area contributed by atoms with Crippen LogP contribution >= 0.6 is 0 Å². The zero-order valence-electron chi connectivity index (χ0n) is 9.76. The van der Waals surface area contributed by atoms with E-state index in [-0.39, 0.29) is 0 Å². The van der Waals surface area contributed by atoms with Gasteiger partial charge in [-0.2, -0.15) is 5.10 Å². The summed E-state index contributed by atoms with van der Waals surface area (Å²) in [7, 11) is 0. The molecule has 15 heavy (non-hydrogen) atoms. The van der Waals surface area contributed by atoms with Crippen LogP contribution in [-0.4, -0.2) is 10.2 Å². The van der Waals surface area contributed by atoms with E-state index in [1.807, 2.05) is 6.07 Å². The smallest absolute Gasteiger partial charge is 0.145 e. The number of nitrogens with two attached hydrogens (primary N) is 1. The Morgan fingerprint density at radius 3 is 2.40 bits per heavy atom. The summed E-state index contributed by atoms with van der Waals surface area (Å²) in [6.45, 7) is 2.25. The molecule has 1 rings (SSSR count). The van der Waals surface area contributed by atoms with Gasteiger partial charge in [-0.25, -0.2) is 0 Å². The maximum absolute atomic E-state index is 5.52. The molecule has 0 amide bonds. The highest BCUT2D eigenvalue weighted by Gasteiger charge is 1.97. The highest BCUT2D eigenvalue weighted by Crippen LogP contribution is 2.10. The molecule has 86 valence electrons. The highest BCUT2D eigenvalue weighted by atomic mass is 15.1. The largest absolute Gasteiger partial charge is 0.382 e. The Kier molecular flexibility index (Phi) is 5.90. The van der Waals surface area contributed by atoms with Gasteiger partial charge in [0.1, 0.15) is 5.82 Å². The van der Waals surface area contributed by atoms with Crippen molar-refractivity contribution in [3.8, 4) is 0 Å². The fourth-order valence-electron chi connectivity index (χ4n) is 1.78. The molecule has 3 nitrogen and oxygen atoms in total. The molecule has 1 heterocycles. The van der Waals surface area contributed by atoms with Crippen molar-refractivity contribution in [3.63, 3.8) is 0 Å². The molecule has 0 spiro atoms. The maximum Gasteiger partial charge on any atom is 0.145 e. The minimum atomic E-state index is 0.605. The van der Waals surface area contributed by atoms with Gasteiger partial charge in [-0.15, -0.1) is 0 Å². The normalized spacial score (nSPS) is 10.7. The van der Waals surface area contributed by atoms with Crippen LogP contribution in [0.15, 0.2) is 6.07 Å². The van der Waals surface area contributed by atoms with Gasteiger partial charge in [0.05, 0.1) is 0 Å². The number of nitrogens with one attached hydrogen (secondary N) is 1. The Labute approximate surface area is 92.5 Å². The monoisotopic (exact) mass is 209 g/mol. The SMILES string of the molecule is CCCCCCCCCc1cc(N)n[nH]1. The Hall–Kier alpha value is -0.990. The summed E-state index contributed by atoms with van der Waals surface area (Å²) in [5.74, 6) is 0.605. The topological polar surface area (TPSA) is 54.7 Å². The second-order valence-electron chi connectivity index (χ2n) is 4.19. The first-order valence-corrected chi connectivity index (χ1v) is 6.12. The van der Waals surface area contributed by atoms with Crippen molar-refractivity contribution in [2.24, 2.45) is 0 Å². The van der Waals surface area contributed by atoms with E-state index in [0.29, 0.717) is 5.82 Å². The van der Waals surface area contributed by atoms with Crippen LogP contribution in [0.2, 0.25) is 0 Å². The fourth-order valence-corrected chi connectivity index (χ4v) is 1.78. The molecule has 3 heteroatoms. The third kappa shape index (κ3) is 5.45. The van der Waals surface area contributed by atoms with Gasteiger partial charge in [0.25, 0.3) is 0 Å². The number of hydrogen-bond donors (Lipinski definition) is 2.